The first-order valence-corrected chi connectivity index (χ1v) is 4.52. The van der Waals surface area contributed by atoms with Crippen molar-refractivity contribution in [3.63, 3.8) is 0 Å². The number of hydrogen-bond donors (Lipinski definition) is 0. The smallest absolute Gasteiger partial charge is 0.152 e. The number of ketones is 1. The molecule has 1 aliphatic rings. The molecule has 0 spiro atoms. The van der Waals surface area contributed by atoms with E-state index in [1.54, 1.807) is 19.2 Å². The van der Waals surface area contributed by atoms with E-state index in [9.17, 15) is 4.79 Å². The average molecular weight is 171 g/mol. The molecule has 3 heteroatoms. The van der Waals surface area contributed by atoms with Gasteiger partial charge in [-0.2, -0.15) is 5.06 Å². The van der Waals surface area contributed by atoms with E-state index in [4.69, 9.17) is 4.84 Å². The van der Waals surface area contributed by atoms with E-state index in [0.717, 1.165) is 12.8 Å². The fourth-order valence-electron chi connectivity index (χ4n) is 1.66. The zero-order valence-corrected chi connectivity index (χ0v) is 7.88. The van der Waals surface area contributed by atoms with Crippen LogP contribution in [0.4, 0.5) is 0 Å². The van der Waals surface area contributed by atoms with Gasteiger partial charge in [-0.15, -0.1) is 0 Å². The molecule has 0 aromatic rings. The molecule has 1 aliphatic carbocycles. The highest BCUT2D eigenvalue weighted by Crippen LogP contribution is 2.25. The van der Waals surface area contributed by atoms with Gasteiger partial charge in [0.1, 0.15) is 0 Å². The van der Waals surface area contributed by atoms with E-state index >= 15 is 0 Å². The lowest BCUT2D eigenvalue weighted by molar-refractivity contribution is -0.143. The van der Waals surface area contributed by atoms with Gasteiger partial charge >= 0.3 is 0 Å². The second-order valence-corrected chi connectivity index (χ2v) is 3.42. The maximum absolute atomic E-state index is 11.5. The maximum Gasteiger partial charge on any atom is 0.152 e. The molecule has 0 radical (unpaired) electrons. The Morgan fingerprint density at radius 1 is 1.50 bits per heavy atom. The fourth-order valence-corrected chi connectivity index (χ4v) is 1.66. The lowest BCUT2D eigenvalue weighted by Crippen LogP contribution is -2.28. The molecule has 0 saturated heterocycles. The van der Waals surface area contributed by atoms with Crippen LogP contribution in [0.1, 0.15) is 25.7 Å². The number of nitrogens with zero attached hydrogens (tertiary/aromatic N) is 1. The van der Waals surface area contributed by atoms with Gasteiger partial charge in [-0.25, -0.2) is 0 Å². The summed E-state index contributed by atoms with van der Waals surface area (Å²) >= 11 is 0. The summed E-state index contributed by atoms with van der Waals surface area (Å²) in [6, 6.07) is 0. The third-order valence-electron chi connectivity index (χ3n) is 2.50. The minimum Gasteiger partial charge on any atom is -0.302 e. The number of rotatable bonds is 4. The van der Waals surface area contributed by atoms with Crippen molar-refractivity contribution < 1.29 is 9.63 Å². The highest BCUT2D eigenvalue weighted by Gasteiger charge is 2.23. The van der Waals surface area contributed by atoms with Gasteiger partial charge in [0.2, 0.25) is 0 Å². The monoisotopic (exact) mass is 171 g/mol. The predicted molar refractivity (Wildman–Crippen MR) is 46.6 cm³/mol. The van der Waals surface area contributed by atoms with Crippen LogP contribution in [0, 0.1) is 5.92 Å². The summed E-state index contributed by atoms with van der Waals surface area (Å²) in [7, 11) is 3.37. The normalized spacial score (nSPS) is 18.9. The summed E-state index contributed by atoms with van der Waals surface area (Å²) in [6.45, 7) is 0.432. The largest absolute Gasteiger partial charge is 0.302 e. The minimum atomic E-state index is 0.308. The fraction of sp³-hybridized carbons (Fsp3) is 0.889. The summed E-state index contributed by atoms with van der Waals surface area (Å²) in [6.07, 6.45) is 4.59. The van der Waals surface area contributed by atoms with Crippen molar-refractivity contribution >= 4 is 5.78 Å². The number of likely N-dealkylation sites (N-methyl/N-ethyl adjacent to an activating group) is 1. The van der Waals surface area contributed by atoms with Gasteiger partial charge in [0.15, 0.2) is 5.78 Å². The second-order valence-electron chi connectivity index (χ2n) is 3.42. The molecule has 0 aliphatic heterocycles. The molecule has 0 bridgehead atoms. The number of carbonyl (C=O) groups excluding carboxylic acids is 1. The molecule has 0 unspecified atom stereocenters. The van der Waals surface area contributed by atoms with Crippen LogP contribution in [-0.4, -0.2) is 31.5 Å². The van der Waals surface area contributed by atoms with E-state index in [1.807, 2.05) is 0 Å². The zero-order valence-electron chi connectivity index (χ0n) is 7.88. The summed E-state index contributed by atoms with van der Waals surface area (Å²) in [5.41, 5.74) is 0. The van der Waals surface area contributed by atoms with Crippen LogP contribution < -0.4 is 0 Å². The third-order valence-corrected chi connectivity index (χ3v) is 2.50. The second kappa shape index (κ2) is 4.58. The number of hydroxylamine groups is 2. The molecule has 0 aromatic carbocycles. The Bertz CT molecular complexity index is 153. The van der Waals surface area contributed by atoms with Crippen molar-refractivity contribution in [2.75, 3.05) is 20.7 Å². The SMILES string of the molecule is CON(C)CC(=O)C1CCCC1. The maximum atomic E-state index is 11.5. The third kappa shape index (κ3) is 2.57. The molecule has 1 fully saturated rings. The lowest BCUT2D eigenvalue weighted by Gasteiger charge is -2.14. The van der Waals surface area contributed by atoms with Gasteiger partial charge in [0.05, 0.1) is 13.7 Å². The highest BCUT2D eigenvalue weighted by atomic mass is 16.7. The molecule has 0 atom stereocenters. The Morgan fingerprint density at radius 2 is 2.08 bits per heavy atom. The Morgan fingerprint density at radius 3 is 2.58 bits per heavy atom. The Hall–Kier alpha value is -0.410. The van der Waals surface area contributed by atoms with E-state index in [1.165, 1.54) is 12.8 Å². The van der Waals surface area contributed by atoms with Crippen molar-refractivity contribution in [3.05, 3.63) is 0 Å². The van der Waals surface area contributed by atoms with E-state index in [0.29, 0.717) is 18.2 Å². The number of Topliss-reactive ketones (excluding diaryl/α,β-unsaturated/α-hetero) is 1. The molecule has 0 heterocycles. The van der Waals surface area contributed by atoms with Gasteiger partial charge < -0.3 is 4.84 Å². The molecule has 1 saturated carbocycles. The zero-order chi connectivity index (χ0) is 8.97. The molecule has 1 rings (SSSR count). The molecule has 0 N–H and O–H groups in total. The Balaban J connectivity index is 2.27. The Kier molecular flexibility index (Phi) is 3.69. The molecule has 3 nitrogen and oxygen atoms in total. The molecule has 12 heavy (non-hydrogen) atoms. The predicted octanol–water partition coefficient (Wildman–Crippen LogP) is 1.24. The molecular weight excluding hydrogens is 154 g/mol. The lowest BCUT2D eigenvalue weighted by atomic mass is 10.0. The summed E-state index contributed by atoms with van der Waals surface area (Å²) in [5, 5.41) is 1.58. The first kappa shape index (κ1) is 9.68. The van der Waals surface area contributed by atoms with Crippen LogP contribution in [-0.2, 0) is 9.63 Å². The van der Waals surface area contributed by atoms with Crippen LogP contribution in [0.5, 0.6) is 0 Å². The van der Waals surface area contributed by atoms with Crippen LogP contribution >= 0.6 is 0 Å². The first-order valence-electron chi connectivity index (χ1n) is 4.52. The van der Waals surface area contributed by atoms with E-state index in [-0.39, 0.29) is 0 Å². The first-order chi connectivity index (χ1) is 5.74. The van der Waals surface area contributed by atoms with E-state index < -0.39 is 0 Å². The highest BCUT2D eigenvalue weighted by molar-refractivity contribution is 5.83. The van der Waals surface area contributed by atoms with Crippen LogP contribution in [0.15, 0.2) is 0 Å². The van der Waals surface area contributed by atoms with Crippen molar-refractivity contribution in [2.45, 2.75) is 25.7 Å². The minimum absolute atomic E-state index is 0.308. The molecule has 0 amide bonds. The van der Waals surface area contributed by atoms with Crippen LogP contribution in [0.2, 0.25) is 0 Å². The summed E-state index contributed by atoms with van der Waals surface area (Å²) in [5.74, 6) is 0.638. The summed E-state index contributed by atoms with van der Waals surface area (Å²) < 4.78 is 0. The van der Waals surface area contributed by atoms with Crippen molar-refractivity contribution in [2.24, 2.45) is 5.92 Å². The topological polar surface area (TPSA) is 29.5 Å². The summed E-state index contributed by atoms with van der Waals surface area (Å²) in [4.78, 5) is 16.4. The van der Waals surface area contributed by atoms with Gasteiger partial charge in [-0.1, -0.05) is 12.8 Å². The van der Waals surface area contributed by atoms with Gasteiger partial charge in [-0.05, 0) is 12.8 Å². The van der Waals surface area contributed by atoms with Crippen LogP contribution in [0.3, 0.4) is 0 Å². The number of carbonyl (C=O) groups is 1. The van der Waals surface area contributed by atoms with Gasteiger partial charge in [-0.3, -0.25) is 4.79 Å². The standard InChI is InChI=1S/C9H17NO2/c1-10(12-2)7-9(11)8-5-3-4-6-8/h8H,3-7H2,1-2H3. The molecule has 70 valence electrons. The Labute approximate surface area is 73.6 Å². The van der Waals surface area contributed by atoms with E-state index in [2.05, 4.69) is 0 Å². The number of hydrogen-bond acceptors (Lipinski definition) is 3. The van der Waals surface area contributed by atoms with Gasteiger partial charge in [0, 0.05) is 13.0 Å². The molecular formula is C9H17NO2. The average Bonchev–Trinajstić information content (AvgIpc) is 2.56. The van der Waals surface area contributed by atoms with Crippen molar-refractivity contribution in [1.29, 1.82) is 0 Å². The quantitative estimate of drug-likeness (QED) is 0.596. The van der Waals surface area contributed by atoms with Crippen molar-refractivity contribution in [1.82, 2.24) is 5.06 Å². The van der Waals surface area contributed by atoms with Crippen LogP contribution in [0.25, 0.3) is 0 Å². The van der Waals surface area contributed by atoms with Crippen molar-refractivity contribution in [3.8, 4) is 0 Å². The van der Waals surface area contributed by atoms with Gasteiger partial charge in [0.25, 0.3) is 0 Å². The molecule has 0 aromatic heterocycles.